The Labute approximate surface area is 98.7 Å². The molecule has 0 aliphatic carbocycles. The fourth-order valence-electron chi connectivity index (χ4n) is 2.80. The predicted octanol–water partition coefficient (Wildman–Crippen LogP) is 2.43. The molecule has 1 aliphatic heterocycles. The Morgan fingerprint density at radius 3 is 2.62 bits per heavy atom. The molecule has 1 N–H and O–H groups in total. The highest BCUT2D eigenvalue weighted by atomic mass is 15.3. The first-order valence-electron chi connectivity index (χ1n) is 6.19. The summed E-state index contributed by atoms with van der Waals surface area (Å²) in [6, 6.07) is 11.2. The third kappa shape index (κ3) is 2.00. The van der Waals surface area contributed by atoms with E-state index in [1.54, 1.807) is 0 Å². The summed E-state index contributed by atoms with van der Waals surface area (Å²) in [4.78, 5) is 2.56. The number of nitrogens with one attached hydrogen (secondary N) is 1. The van der Waals surface area contributed by atoms with Crippen LogP contribution >= 0.6 is 0 Å². The minimum atomic E-state index is 0.189. The Balaban J connectivity index is 2.27. The van der Waals surface area contributed by atoms with Gasteiger partial charge in [-0.05, 0) is 26.0 Å². The van der Waals surface area contributed by atoms with E-state index in [4.69, 9.17) is 0 Å². The predicted molar refractivity (Wildman–Crippen MR) is 68.5 cm³/mol. The molecule has 1 unspecified atom stereocenters. The molecule has 0 aromatic heterocycles. The normalized spacial score (nSPS) is 25.6. The highest BCUT2D eigenvalue weighted by Crippen LogP contribution is 2.32. The van der Waals surface area contributed by atoms with Gasteiger partial charge in [-0.2, -0.15) is 0 Å². The lowest BCUT2D eigenvalue weighted by Gasteiger charge is -2.48. The maximum Gasteiger partial charge on any atom is 0.0502 e. The molecule has 1 heterocycles. The van der Waals surface area contributed by atoms with Crippen molar-refractivity contribution in [1.82, 2.24) is 10.2 Å². The summed E-state index contributed by atoms with van der Waals surface area (Å²) in [6.07, 6.45) is 0. The molecule has 0 saturated carbocycles. The van der Waals surface area contributed by atoms with Crippen molar-refractivity contribution in [2.45, 2.75) is 32.4 Å². The Morgan fingerprint density at radius 2 is 2.00 bits per heavy atom. The maximum atomic E-state index is 3.65. The molecule has 1 aromatic carbocycles. The van der Waals surface area contributed by atoms with Crippen molar-refractivity contribution < 1.29 is 0 Å². The average Bonchev–Trinajstić information content (AvgIpc) is 2.29. The fourth-order valence-corrected chi connectivity index (χ4v) is 2.80. The van der Waals surface area contributed by atoms with Gasteiger partial charge in [-0.15, -0.1) is 0 Å². The largest absolute Gasteiger partial charge is 0.307 e. The van der Waals surface area contributed by atoms with Crippen LogP contribution in [-0.2, 0) is 0 Å². The summed E-state index contributed by atoms with van der Waals surface area (Å²) >= 11 is 0. The van der Waals surface area contributed by atoms with Crippen LogP contribution in [0.3, 0.4) is 0 Å². The first-order chi connectivity index (χ1) is 7.66. The van der Waals surface area contributed by atoms with Crippen LogP contribution in [0.4, 0.5) is 0 Å². The van der Waals surface area contributed by atoms with E-state index < -0.39 is 0 Å². The molecular formula is C14H22N2. The quantitative estimate of drug-likeness (QED) is 0.820. The summed E-state index contributed by atoms with van der Waals surface area (Å²) in [5.74, 6) is 0. The molecule has 2 nitrogen and oxygen atoms in total. The van der Waals surface area contributed by atoms with Gasteiger partial charge in [0.05, 0.1) is 6.04 Å². The lowest BCUT2D eigenvalue weighted by atomic mass is 9.85. The number of benzene rings is 1. The average molecular weight is 218 g/mol. The molecule has 0 amide bonds. The Morgan fingerprint density at radius 1 is 1.31 bits per heavy atom. The lowest BCUT2D eigenvalue weighted by molar-refractivity contribution is 0.0531. The van der Waals surface area contributed by atoms with E-state index in [1.807, 2.05) is 0 Å². The molecule has 2 rings (SSSR count). The molecule has 1 fully saturated rings. The number of likely N-dealkylation sites (N-methyl/N-ethyl adjacent to an activating group) is 1. The van der Waals surface area contributed by atoms with Gasteiger partial charge in [0.25, 0.3) is 0 Å². The molecule has 1 atom stereocenters. The molecule has 1 aromatic rings. The smallest absolute Gasteiger partial charge is 0.0502 e. The number of rotatable bonds is 2. The molecule has 0 radical (unpaired) electrons. The zero-order valence-electron chi connectivity index (χ0n) is 10.5. The van der Waals surface area contributed by atoms with Gasteiger partial charge in [-0.3, -0.25) is 4.90 Å². The third-order valence-electron chi connectivity index (χ3n) is 3.77. The molecule has 1 aliphatic rings. The first kappa shape index (κ1) is 11.6. The van der Waals surface area contributed by atoms with Crippen molar-refractivity contribution in [1.29, 1.82) is 0 Å². The van der Waals surface area contributed by atoms with Crippen LogP contribution in [0.5, 0.6) is 0 Å². The van der Waals surface area contributed by atoms with E-state index in [-0.39, 0.29) is 5.54 Å². The molecule has 2 heteroatoms. The Bertz CT molecular complexity index is 332. The van der Waals surface area contributed by atoms with Crippen LogP contribution in [0, 0.1) is 0 Å². The SMILES string of the molecule is CCN1CCNC(c2ccccc2)C1(C)C. The minimum absolute atomic E-state index is 0.189. The van der Waals surface area contributed by atoms with E-state index in [1.165, 1.54) is 5.56 Å². The van der Waals surface area contributed by atoms with Gasteiger partial charge in [0.2, 0.25) is 0 Å². The second kappa shape index (κ2) is 4.56. The monoisotopic (exact) mass is 218 g/mol. The van der Waals surface area contributed by atoms with Gasteiger partial charge in [0, 0.05) is 18.6 Å². The third-order valence-corrected chi connectivity index (χ3v) is 3.77. The topological polar surface area (TPSA) is 15.3 Å². The molecule has 16 heavy (non-hydrogen) atoms. The first-order valence-corrected chi connectivity index (χ1v) is 6.19. The zero-order valence-corrected chi connectivity index (χ0v) is 10.5. The summed E-state index contributed by atoms with van der Waals surface area (Å²) < 4.78 is 0. The second-order valence-electron chi connectivity index (χ2n) is 5.03. The van der Waals surface area contributed by atoms with E-state index in [0.717, 1.165) is 19.6 Å². The van der Waals surface area contributed by atoms with Crippen molar-refractivity contribution >= 4 is 0 Å². The standard InChI is InChI=1S/C14H22N2/c1-4-16-11-10-15-13(14(16,2)3)12-8-6-5-7-9-12/h5-9,13,15H,4,10-11H2,1-3H3. The summed E-state index contributed by atoms with van der Waals surface area (Å²) in [5, 5.41) is 3.65. The Kier molecular flexibility index (Phi) is 3.31. The molecular weight excluding hydrogens is 196 g/mol. The number of nitrogens with zero attached hydrogens (tertiary/aromatic N) is 1. The Hall–Kier alpha value is -0.860. The molecule has 88 valence electrons. The zero-order chi connectivity index (χ0) is 11.6. The van der Waals surface area contributed by atoms with Gasteiger partial charge in [-0.1, -0.05) is 37.3 Å². The highest BCUT2D eigenvalue weighted by molar-refractivity contribution is 5.23. The van der Waals surface area contributed by atoms with Gasteiger partial charge >= 0.3 is 0 Å². The minimum Gasteiger partial charge on any atom is -0.307 e. The van der Waals surface area contributed by atoms with Crippen molar-refractivity contribution in [3.63, 3.8) is 0 Å². The van der Waals surface area contributed by atoms with Crippen LogP contribution in [0.2, 0.25) is 0 Å². The van der Waals surface area contributed by atoms with Crippen LogP contribution < -0.4 is 5.32 Å². The molecule has 0 spiro atoms. The van der Waals surface area contributed by atoms with Gasteiger partial charge in [0.1, 0.15) is 0 Å². The number of piperazine rings is 1. The van der Waals surface area contributed by atoms with Crippen molar-refractivity contribution in [2.24, 2.45) is 0 Å². The second-order valence-corrected chi connectivity index (χ2v) is 5.03. The van der Waals surface area contributed by atoms with Crippen LogP contribution in [-0.4, -0.2) is 30.1 Å². The van der Waals surface area contributed by atoms with E-state index in [2.05, 4.69) is 61.3 Å². The van der Waals surface area contributed by atoms with Crippen LogP contribution in [0.15, 0.2) is 30.3 Å². The van der Waals surface area contributed by atoms with Crippen LogP contribution in [0.1, 0.15) is 32.4 Å². The van der Waals surface area contributed by atoms with Gasteiger partial charge in [-0.25, -0.2) is 0 Å². The lowest BCUT2D eigenvalue weighted by Crippen LogP contribution is -2.59. The summed E-state index contributed by atoms with van der Waals surface area (Å²) in [6.45, 7) is 10.3. The van der Waals surface area contributed by atoms with Gasteiger partial charge < -0.3 is 5.32 Å². The van der Waals surface area contributed by atoms with Crippen LogP contribution in [0.25, 0.3) is 0 Å². The molecule has 0 bridgehead atoms. The van der Waals surface area contributed by atoms with E-state index >= 15 is 0 Å². The van der Waals surface area contributed by atoms with Gasteiger partial charge in [0.15, 0.2) is 0 Å². The van der Waals surface area contributed by atoms with Crippen molar-refractivity contribution in [3.8, 4) is 0 Å². The van der Waals surface area contributed by atoms with E-state index in [0.29, 0.717) is 6.04 Å². The van der Waals surface area contributed by atoms with E-state index in [9.17, 15) is 0 Å². The maximum absolute atomic E-state index is 3.65. The fraction of sp³-hybridized carbons (Fsp3) is 0.571. The number of hydrogen-bond acceptors (Lipinski definition) is 2. The van der Waals surface area contributed by atoms with Crippen molar-refractivity contribution in [3.05, 3.63) is 35.9 Å². The number of hydrogen-bond donors (Lipinski definition) is 1. The van der Waals surface area contributed by atoms with Crippen molar-refractivity contribution in [2.75, 3.05) is 19.6 Å². The summed E-state index contributed by atoms with van der Waals surface area (Å²) in [7, 11) is 0. The molecule has 1 saturated heterocycles. The highest BCUT2D eigenvalue weighted by Gasteiger charge is 2.38. The summed E-state index contributed by atoms with van der Waals surface area (Å²) in [5.41, 5.74) is 1.58.